The van der Waals surface area contributed by atoms with Crippen molar-refractivity contribution in [3.8, 4) is 11.4 Å². The number of rotatable bonds is 4. The summed E-state index contributed by atoms with van der Waals surface area (Å²) in [4.78, 5) is 25.8. The summed E-state index contributed by atoms with van der Waals surface area (Å²) in [6.45, 7) is 6.26. The van der Waals surface area contributed by atoms with Crippen LogP contribution in [-0.2, 0) is 4.74 Å². The van der Waals surface area contributed by atoms with Crippen LogP contribution in [0.1, 0.15) is 12.8 Å². The molecular weight excluding hydrogens is 354 g/mol. The predicted molar refractivity (Wildman–Crippen MR) is 108 cm³/mol. The van der Waals surface area contributed by atoms with Crippen molar-refractivity contribution in [2.45, 2.75) is 12.8 Å². The summed E-state index contributed by atoms with van der Waals surface area (Å²) in [5.74, 6) is 1.18. The Morgan fingerprint density at radius 1 is 1.11 bits per heavy atom. The number of hydrogen-bond acceptors (Lipinski definition) is 5. The van der Waals surface area contributed by atoms with Gasteiger partial charge in [0.25, 0.3) is 0 Å². The van der Waals surface area contributed by atoms with Crippen LogP contribution in [0.4, 0.5) is 10.5 Å². The van der Waals surface area contributed by atoms with Crippen LogP contribution < -0.4 is 5.32 Å². The Bertz CT molecular complexity index is 762. The first-order valence-electron chi connectivity index (χ1n) is 10.0. The Morgan fingerprint density at radius 2 is 1.86 bits per heavy atom. The second-order valence-electron chi connectivity index (χ2n) is 7.46. The molecule has 0 radical (unpaired) electrons. The summed E-state index contributed by atoms with van der Waals surface area (Å²) < 4.78 is 5.42. The number of hydrogen-bond donors (Lipinski definition) is 1. The zero-order valence-corrected chi connectivity index (χ0v) is 16.1. The Balaban J connectivity index is 1.31. The number of nitrogens with one attached hydrogen (secondary N) is 1. The molecule has 1 aromatic heterocycles. The van der Waals surface area contributed by atoms with Crippen molar-refractivity contribution < 1.29 is 9.53 Å². The Labute approximate surface area is 165 Å². The van der Waals surface area contributed by atoms with Crippen LogP contribution in [0.15, 0.2) is 42.7 Å². The lowest BCUT2D eigenvalue weighted by atomic mass is 9.97. The molecule has 1 N–H and O–H groups in total. The van der Waals surface area contributed by atoms with Crippen LogP contribution >= 0.6 is 0 Å². The number of ether oxygens (including phenoxy) is 1. The van der Waals surface area contributed by atoms with Crippen LogP contribution in [0.3, 0.4) is 0 Å². The van der Waals surface area contributed by atoms with Gasteiger partial charge in [0.05, 0.1) is 31.3 Å². The first-order valence-corrected chi connectivity index (χ1v) is 10.0. The van der Waals surface area contributed by atoms with Crippen molar-refractivity contribution in [3.05, 3.63) is 42.7 Å². The fourth-order valence-corrected chi connectivity index (χ4v) is 3.88. The molecule has 0 aliphatic carbocycles. The number of carbonyl (C=O) groups excluding carboxylic acids is 1. The van der Waals surface area contributed by atoms with Gasteiger partial charge in [-0.1, -0.05) is 30.3 Å². The van der Waals surface area contributed by atoms with Crippen molar-refractivity contribution in [1.29, 1.82) is 0 Å². The molecule has 2 aromatic rings. The molecular formula is C21H27N5O2. The van der Waals surface area contributed by atoms with E-state index in [4.69, 9.17) is 4.74 Å². The number of carbonyl (C=O) groups is 1. The number of urea groups is 1. The maximum Gasteiger partial charge on any atom is 0.321 e. The maximum absolute atomic E-state index is 12.7. The summed E-state index contributed by atoms with van der Waals surface area (Å²) in [5, 5.41) is 2.94. The monoisotopic (exact) mass is 381 g/mol. The minimum absolute atomic E-state index is 0.0669. The molecule has 7 heteroatoms. The molecule has 148 valence electrons. The van der Waals surface area contributed by atoms with Crippen molar-refractivity contribution in [2.24, 2.45) is 5.92 Å². The molecule has 1 aromatic carbocycles. The fraction of sp³-hybridized carbons (Fsp3) is 0.476. The number of piperidine rings is 1. The van der Waals surface area contributed by atoms with Crippen LogP contribution in [0.5, 0.6) is 0 Å². The molecule has 0 spiro atoms. The van der Waals surface area contributed by atoms with E-state index in [1.54, 1.807) is 12.4 Å². The van der Waals surface area contributed by atoms with Crippen molar-refractivity contribution in [3.63, 3.8) is 0 Å². The normalized spacial score (nSPS) is 20.7. The average Bonchev–Trinajstić information content (AvgIpc) is 2.76. The molecule has 2 aliphatic rings. The third-order valence-corrected chi connectivity index (χ3v) is 5.36. The Kier molecular flexibility index (Phi) is 6.14. The summed E-state index contributed by atoms with van der Waals surface area (Å²) in [6, 6.07) is 9.74. The van der Waals surface area contributed by atoms with Gasteiger partial charge in [-0.15, -0.1) is 0 Å². The van der Waals surface area contributed by atoms with Gasteiger partial charge in [-0.3, -0.25) is 4.90 Å². The summed E-state index contributed by atoms with van der Waals surface area (Å²) >= 11 is 0. The third kappa shape index (κ3) is 4.85. The van der Waals surface area contributed by atoms with Crippen LogP contribution in [0.2, 0.25) is 0 Å². The molecule has 1 atom stereocenters. The largest absolute Gasteiger partial charge is 0.379 e. The zero-order chi connectivity index (χ0) is 19.2. The summed E-state index contributed by atoms with van der Waals surface area (Å²) in [5.41, 5.74) is 1.59. The van der Waals surface area contributed by atoms with E-state index in [1.165, 1.54) is 6.42 Å². The van der Waals surface area contributed by atoms with Crippen LogP contribution in [0.25, 0.3) is 11.4 Å². The molecule has 0 saturated carbocycles. The lowest BCUT2D eigenvalue weighted by Gasteiger charge is -2.36. The number of benzene rings is 1. The van der Waals surface area contributed by atoms with Crippen molar-refractivity contribution in [2.75, 3.05) is 51.3 Å². The number of morpholine rings is 1. The minimum atomic E-state index is -0.0669. The highest BCUT2D eigenvalue weighted by molar-refractivity contribution is 5.89. The molecule has 28 heavy (non-hydrogen) atoms. The van der Waals surface area contributed by atoms with E-state index in [2.05, 4.69) is 20.2 Å². The quantitative estimate of drug-likeness (QED) is 0.882. The van der Waals surface area contributed by atoms with E-state index >= 15 is 0 Å². The minimum Gasteiger partial charge on any atom is -0.379 e. The summed E-state index contributed by atoms with van der Waals surface area (Å²) in [7, 11) is 0. The highest BCUT2D eigenvalue weighted by atomic mass is 16.5. The van der Waals surface area contributed by atoms with Crippen molar-refractivity contribution >= 4 is 11.7 Å². The molecule has 3 heterocycles. The number of nitrogens with zero attached hydrogens (tertiary/aromatic N) is 4. The standard InChI is InChI=1S/C21H27N5O2/c27-21(24-19-13-22-20(23-14-19)18-6-2-1-3-7-18)26-8-4-5-17(16-26)15-25-9-11-28-12-10-25/h1-3,6-7,13-14,17H,4-5,8-12,15-16H2,(H,24,27)/t17-/m1/s1. The van der Waals surface area contributed by atoms with E-state index in [0.717, 1.165) is 57.9 Å². The van der Waals surface area contributed by atoms with Gasteiger partial charge in [-0.2, -0.15) is 0 Å². The van der Waals surface area contributed by atoms with Gasteiger partial charge in [0, 0.05) is 38.3 Å². The van der Waals surface area contributed by atoms with E-state index in [0.29, 0.717) is 17.4 Å². The van der Waals surface area contributed by atoms with E-state index < -0.39 is 0 Å². The molecule has 0 bridgehead atoms. The Hall–Kier alpha value is -2.51. The molecule has 2 fully saturated rings. The SMILES string of the molecule is O=C(Nc1cnc(-c2ccccc2)nc1)N1CCC[C@H](CN2CCOCC2)C1. The highest BCUT2D eigenvalue weighted by Gasteiger charge is 2.26. The Morgan fingerprint density at radius 3 is 2.61 bits per heavy atom. The van der Waals surface area contributed by atoms with E-state index in [1.807, 2.05) is 35.2 Å². The van der Waals surface area contributed by atoms with Gasteiger partial charge in [-0.25, -0.2) is 14.8 Å². The molecule has 2 amide bonds. The number of anilines is 1. The third-order valence-electron chi connectivity index (χ3n) is 5.36. The smallest absolute Gasteiger partial charge is 0.321 e. The fourth-order valence-electron chi connectivity index (χ4n) is 3.88. The molecule has 2 saturated heterocycles. The molecule has 0 unspecified atom stereocenters. The second-order valence-corrected chi connectivity index (χ2v) is 7.46. The van der Waals surface area contributed by atoms with Gasteiger partial charge in [-0.05, 0) is 18.8 Å². The zero-order valence-electron chi connectivity index (χ0n) is 16.1. The lowest BCUT2D eigenvalue weighted by molar-refractivity contribution is 0.0252. The average molecular weight is 381 g/mol. The maximum atomic E-state index is 12.7. The van der Waals surface area contributed by atoms with Gasteiger partial charge in [0.2, 0.25) is 0 Å². The van der Waals surface area contributed by atoms with Crippen LogP contribution in [0, 0.1) is 5.92 Å². The predicted octanol–water partition coefficient (Wildman–Crippen LogP) is 2.72. The van der Waals surface area contributed by atoms with Gasteiger partial charge in [0.1, 0.15) is 0 Å². The van der Waals surface area contributed by atoms with Crippen LogP contribution in [-0.4, -0.2) is 71.7 Å². The first kappa shape index (κ1) is 18.8. The summed E-state index contributed by atoms with van der Waals surface area (Å²) in [6.07, 6.45) is 5.56. The van der Waals surface area contributed by atoms with Gasteiger partial charge >= 0.3 is 6.03 Å². The highest BCUT2D eigenvalue weighted by Crippen LogP contribution is 2.20. The number of amides is 2. The number of aromatic nitrogens is 2. The van der Waals surface area contributed by atoms with Crippen molar-refractivity contribution in [1.82, 2.24) is 19.8 Å². The topological polar surface area (TPSA) is 70.6 Å². The molecule has 4 rings (SSSR count). The number of likely N-dealkylation sites (tertiary alicyclic amines) is 1. The molecule has 2 aliphatic heterocycles. The van der Waals surface area contributed by atoms with E-state index in [-0.39, 0.29) is 6.03 Å². The van der Waals surface area contributed by atoms with Gasteiger partial charge < -0.3 is 15.0 Å². The van der Waals surface area contributed by atoms with Gasteiger partial charge in [0.15, 0.2) is 5.82 Å². The molecule has 7 nitrogen and oxygen atoms in total. The second kappa shape index (κ2) is 9.12. The van der Waals surface area contributed by atoms with E-state index in [9.17, 15) is 4.79 Å². The first-order chi connectivity index (χ1) is 13.8. The lowest BCUT2D eigenvalue weighted by Crippen LogP contribution is -2.47.